The van der Waals surface area contributed by atoms with Crippen LogP contribution in [0, 0.1) is 6.92 Å². The Kier molecular flexibility index (Phi) is 5.12. The van der Waals surface area contributed by atoms with E-state index in [1.54, 1.807) is 0 Å². The van der Waals surface area contributed by atoms with Gasteiger partial charge in [0.25, 0.3) is 0 Å². The Balaban J connectivity index is 2.37. The molecular formula is C12H19BrN2. The Morgan fingerprint density at radius 1 is 1.47 bits per heavy atom. The highest BCUT2D eigenvalue weighted by atomic mass is 79.9. The maximum absolute atomic E-state index is 5.69. The van der Waals surface area contributed by atoms with Crippen molar-refractivity contribution in [1.29, 1.82) is 0 Å². The van der Waals surface area contributed by atoms with Gasteiger partial charge in [0.2, 0.25) is 0 Å². The van der Waals surface area contributed by atoms with Crippen molar-refractivity contribution in [2.45, 2.75) is 32.7 Å². The number of nitrogens with two attached hydrogens (primary N) is 1. The van der Waals surface area contributed by atoms with Gasteiger partial charge in [0.05, 0.1) is 0 Å². The molecule has 0 amide bonds. The van der Waals surface area contributed by atoms with Crippen LogP contribution in [-0.4, -0.2) is 12.6 Å². The Hall–Kier alpha value is -0.540. The number of hydrogen-bond donors (Lipinski definition) is 2. The number of benzene rings is 1. The smallest absolute Gasteiger partial charge is 0.0370 e. The summed E-state index contributed by atoms with van der Waals surface area (Å²) in [6, 6.07) is 6.58. The molecule has 84 valence electrons. The molecule has 0 heterocycles. The number of nitrogens with one attached hydrogen (secondary N) is 1. The van der Waals surface area contributed by atoms with Gasteiger partial charge in [-0.15, -0.1) is 0 Å². The zero-order chi connectivity index (χ0) is 11.3. The zero-order valence-electron chi connectivity index (χ0n) is 9.39. The first-order chi connectivity index (χ1) is 7.09. The van der Waals surface area contributed by atoms with Crippen molar-refractivity contribution in [3.63, 3.8) is 0 Å². The molecule has 1 atom stereocenters. The summed E-state index contributed by atoms with van der Waals surface area (Å²) in [5.41, 5.74) is 8.17. The van der Waals surface area contributed by atoms with Gasteiger partial charge in [-0.25, -0.2) is 0 Å². The molecule has 3 heteroatoms. The molecule has 0 aromatic heterocycles. The van der Waals surface area contributed by atoms with E-state index in [0.717, 1.165) is 23.9 Å². The summed E-state index contributed by atoms with van der Waals surface area (Å²) >= 11 is 3.45. The van der Waals surface area contributed by atoms with E-state index >= 15 is 0 Å². The molecule has 0 saturated heterocycles. The highest BCUT2D eigenvalue weighted by Gasteiger charge is 1.98. The Labute approximate surface area is 100 Å². The number of rotatable bonds is 5. The van der Waals surface area contributed by atoms with Crippen LogP contribution in [0.4, 0.5) is 5.69 Å². The molecule has 0 aliphatic rings. The van der Waals surface area contributed by atoms with Gasteiger partial charge in [-0.3, -0.25) is 0 Å². The van der Waals surface area contributed by atoms with Crippen molar-refractivity contribution in [3.8, 4) is 0 Å². The third-order valence-electron chi connectivity index (χ3n) is 2.34. The van der Waals surface area contributed by atoms with E-state index in [1.807, 2.05) is 6.92 Å². The molecule has 0 fully saturated rings. The lowest BCUT2D eigenvalue weighted by Crippen LogP contribution is -2.16. The second kappa shape index (κ2) is 6.13. The molecule has 0 aliphatic heterocycles. The molecule has 1 aromatic carbocycles. The Bertz CT molecular complexity index is 310. The molecule has 0 saturated carbocycles. The molecule has 0 radical (unpaired) electrons. The highest BCUT2D eigenvalue weighted by Crippen LogP contribution is 2.19. The van der Waals surface area contributed by atoms with Crippen molar-refractivity contribution < 1.29 is 0 Å². The fourth-order valence-electron chi connectivity index (χ4n) is 1.47. The van der Waals surface area contributed by atoms with Crippen LogP contribution in [0.3, 0.4) is 0 Å². The van der Waals surface area contributed by atoms with Gasteiger partial charge < -0.3 is 11.1 Å². The molecule has 0 aliphatic carbocycles. The molecule has 1 aromatic rings. The number of hydrogen-bond acceptors (Lipinski definition) is 2. The molecule has 1 rings (SSSR count). The zero-order valence-corrected chi connectivity index (χ0v) is 11.0. The standard InChI is InChI=1S/C12H19BrN2/c1-9-8-11(13)5-6-12(9)15-7-3-4-10(2)14/h5-6,8,10,15H,3-4,7,14H2,1-2H3. The summed E-state index contributed by atoms with van der Waals surface area (Å²) in [6.45, 7) is 5.15. The average molecular weight is 271 g/mol. The number of halogens is 1. The number of aryl methyl sites for hydroxylation is 1. The largest absolute Gasteiger partial charge is 0.385 e. The van der Waals surface area contributed by atoms with E-state index in [2.05, 4.69) is 46.4 Å². The van der Waals surface area contributed by atoms with Crippen LogP contribution in [0.2, 0.25) is 0 Å². The van der Waals surface area contributed by atoms with E-state index < -0.39 is 0 Å². The molecule has 1 unspecified atom stereocenters. The van der Waals surface area contributed by atoms with Crippen LogP contribution in [0.5, 0.6) is 0 Å². The third kappa shape index (κ3) is 4.67. The van der Waals surface area contributed by atoms with Crippen molar-refractivity contribution in [2.24, 2.45) is 5.73 Å². The third-order valence-corrected chi connectivity index (χ3v) is 2.83. The van der Waals surface area contributed by atoms with Gasteiger partial charge in [0, 0.05) is 22.7 Å². The highest BCUT2D eigenvalue weighted by molar-refractivity contribution is 9.10. The Morgan fingerprint density at radius 3 is 2.80 bits per heavy atom. The predicted octanol–water partition coefficient (Wildman–Crippen LogP) is 3.30. The minimum absolute atomic E-state index is 0.304. The summed E-state index contributed by atoms with van der Waals surface area (Å²) in [4.78, 5) is 0. The van der Waals surface area contributed by atoms with Crippen molar-refractivity contribution in [1.82, 2.24) is 0 Å². The van der Waals surface area contributed by atoms with Gasteiger partial charge >= 0.3 is 0 Å². The summed E-state index contributed by atoms with van der Waals surface area (Å²) < 4.78 is 1.13. The van der Waals surface area contributed by atoms with Gasteiger partial charge in [0.1, 0.15) is 0 Å². The fourth-order valence-corrected chi connectivity index (χ4v) is 1.95. The fraction of sp³-hybridized carbons (Fsp3) is 0.500. The van der Waals surface area contributed by atoms with Gasteiger partial charge in [0.15, 0.2) is 0 Å². The van der Waals surface area contributed by atoms with Gasteiger partial charge in [-0.05, 0) is 50.5 Å². The second-order valence-electron chi connectivity index (χ2n) is 4.01. The predicted molar refractivity (Wildman–Crippen MR) is 70.3 cm³/mol. The van der Waals surface area contributed by atoms with E-state index in [-0.39, 0.29) is 0 Å². The van der Waals surface area contributed by atoms with Gasteiger partial charge in [-0.2, -0.15) is 0 Å². The van der Waals surface area contributed by atoms with E-state index in [1.165, 1.54) is 11.3 Å². The first kappa shape index (κ1) is 12.5. The summed E-state index contributed by atoms with van der Waals surface area (Å²) in [6.07, 6.45) is 2.19. The topological polar surface area (TPSA) is 38.0 Å². The normalized spacial score (nSPS) is 12.5. The van der Waals surface area contributed by atoms with Crippen molar-refractivity contribution >= 4 is 21.6 Å². The summed E-state index contributed by atoms with van der Waals surface area (Å²) in [7, 11) is 0. The lowest BCUT2D eigenvalue weighted by molar-refractivity contribution is 0.639. The summed E-state index contributed by atoms with van der Waals surface area (Å²) in [5, 5.41) is 3.42. The van der Waals surface area contributed by atoms with Crippen LogP contribution < -0.4 is 11.1 Å². The van der Waals surface area contributed by atoms with Crippen LogP contribution in [0.1, 0.15) is 25.3 Å². The lowest BCUT2D eigenvalue weighted by Gasteiger charge is -2.10. The van der Waals surface area contributed by atoms with E-state index in [0.29, 0.717) is 6.04 Å². The molecule has 2 nitrogen and oxygen atoms in total. The molecule has 15 heavy (non-hydrogen) atoms. The Morgan fingerprint density at radius 2 is 2.20 bits per heavy atom. The quantitative estimate of drug-likeness (QED) is 0.806. The number of anilines is 1. The maximum Gasteiger partial charge on any atom is 0.0370 e. The van der Waals surface area contributed by atoms with Crippen LogP contribution in [0.25, 0.3) is 0 Å². The minimum Gasteiger partial charge on any atom is -0.385 e. The molecule has 0 spiro atoms. The van der Waals surface area contributed by atoms with Crippen LogP contribution >= 0.6 is 15.9 Å². The summed E-state index contributed by atoms with van der Waals surface area (Å²) in [5.74, 6) is 0. The second-order valence-corrected chi connectivity index (χ2v) is 4.92. The first-order valence-electron chi connectivity index (χ1n) is 5.35. The van der Waals surface area contributed by atoms with Gasteiger partial charge in [-0.1, -0.05) is 15.9 Å². The molecule has 0 bridgehead atoms. The average Bonchev–Trinajstić information content (AvgIpc) is 2.14. The van der Waals surface area contributed by atoms with Crippen molar-refractivity contribution in [2.75, 3.05) is 11.9 Å². The van der Waals surface area contributed by atoms with Crippen LogP contribution in [0.15, 0.2) is 22.7 Å². The monoisotopic (exact) mass is 270 g/mol. The maximum atomic E-state index is 5.69. The van der Waals surface area contributed by atoms with E-state index in [9.17, 15) is 0 Å². The first-order valence-corrected chi connectivity index (χ1v) is 6.14. The van der Waals surface area contributed by atoms with Crippen molar-refractivity contribution in [3.05, 3.63) is 28.2 Å². The van der Waals surface area contributed by atoms with Crippen LogP contribution in [-0.2, 0) is 0 Å². The SMILES string of the molecule is Cc1cc(Br)ccc1NCCCC(C)N. The lowest BCUT2D eigenvalue weighted by atomic mass is 10.1. The minimum atomic E-state index is 0.304. The van der Waals surface area contributed by atoms with E-state index in [4.69, 9.17) is 5.73 Å². The molecule has 3 N–H and O–H groups in total. The molecular weight excluding hydrogens is 252 g/mol.